The molecule has 1 aromatic carbocycles. The molecule has 4 nitrogen and oxygen atoms in total. The maximum Gasteiger partial charge on any atom is 0.317 e. The van der Waals surface area contributed by atoms with Crippen molar-refractivity contribution in [2.75, 3.05) is 19.7 Å². The summed E-state index contributed by atoms with van der Waals surface area (Å²) in [4.78, 5) is 13.7. The molecule has 5 heteroatoms. The first kappa shape index (κ1) is 14.2. The SMILES string of the molecule is O=C(NCCc1ccccc1Cl)N(CCO)C1CC1. The first-order valence-corrected chi connectivity index (χ1v) is 6.99. The summed E-state index contributed by atoms with van der Waals surface area (Å²) in [7, 11) is 0. The number of urea groups is 1. The van der Waals surface area contributed by atoms with Gasteiger partial charge in [0.05, 0.1) is 6.61 Å². The highest BCUT2D eigenvalue weighted by molar-refractivity contribution is 6.31. The summed E-state index contributed by atoms with van der Waals surface area (Å²) >= 11 is 6.06. The Morgan fingerprint density at radius 2 is 2.16 bits per heavy atom. The van der Waals surface area contributed by atoms with Gasteiger partial charge in [-0.3, -0.25) is 0 Å². The zero-order chi connectivity index (χ0) is 13.7. The van der Waals surface area contributed by atoms with Crippen LogP contribution in [0.25, 0.3) is 0 Å². The number of benzene rings is 1. The number of halogens is 1. The molecule has 104 valence electrons. The summed E-state index contributed by atoms with van der Waals surface area (Å²) in [5.74, 6) is 0. The lowest BCUT2D eigenvalue weighted by atomic mass is 10.1. The van der Waals surface area contributed by atoms with E-state index < -0.39 is 0 Å². The van der Waals surface area contributed by atoms with Crippen LogP contribution in [0, 0.1) is 0 Å². The Bertz CT molecular complexity index is 435. The van der Waals surface area contributed by atoms with Crippen molar-refractivity contribution < 1.29 is 9.90 Å². The van der Waals surface area contributed by atoms with Crippen molar-refractivity contribution in [3.63, 3.8) is 0 Å². The Labute approximate surface area is 118 Å². The summed E-state index contributed by atoms with van der Waals surface area (Å²) in [6.45, 7) is 0.967. The number of nitrogens with zero attached hydrogens (tertiary/aromatic N) is 1. The van der Waals surface area contributed by atoms with Crippen LogP contribution in [-0.2, 0) is 6.42 Å². The van der Waals surface area contributed by atoms with Crippen LogP contribution in [-0.4, -0.2) is 41.8 Å². The summed E-state index contributed by atoms with van der Waals surface area (Å²) in [6, 6.07) is 7.85. The molecule has 0 spiro atoms. The second-order valence-electron chi connectivity index (χ2n) is 4.72. The van der Waals surface area contributed by atoms with Gasteiger partial charge < -0.3 is 15.3 Å². The van der Waals surface area contributed by atoms with Gasteiger partial charge >= 0.3 is 6.03 Å². The molecule has 0 radical (unpaired) electrons. The molecule has 2 N–H and O–H groups in total. The van der Waals surface area contributed by atoms with E-state index >= 15 is 0 Å². The summed E-state index contributed by atoms with van der Waals surface area (Å²) in [6.07, 6.45) is 2.79. The molecule has 1 aliphatic rings. The molecule has 1 aromatic rings. The molecule has 0 atom stereocenters. The van der Waals surface area contributed by atoms with Crippen LogP contribution >= 0.6 is 11.6 Å². The van der Waals surface area contributed by atoms with Crippen LogP contribution in [0.15, 0.2) is 24.3 Å². The number of carbonyl (C=O) groups is 1. The van der Waals surface area contributed by atoms with Gasteiger partial charge in [-0.05, 0) is 30.9 Å². The molecule has 0 aromatic heterocycles. The zero-order valence-corrected chi connectivity index (χ0v) is 11.6. The molecular weight excluding hydrogens is 264 g/mol. The first-order chi connectivity index (χ1) is 9.22. The Hall–Kier alpha value is -1.26. The summed E-state index contributed by atoms with van der Waals surface area (Å²) in [5.41, 5.74) is 1.03. The van der Waals surface area contributed by atoms with E-state index in [2.05, 4.69) is 5.32 Å². The molecule has 0 heterocycles. The lowest BCUT2D eigenvalue weighted by molar-refractivity contribution is 0.174. The van der Waals surface area contributed by atoms with E-state index in [1.54, 1.807) is 4.90 Å². The van der Waals surface area contributed by atoms with E-state index in [0.29, 0.717) is 25.6 Å². The Morgan fingerprint density at radius 3 is 2.79 bits per heavy atom. The number of aliphatic hydroxyl groups is 1. The highest BCUT2D eigenvalue weighted by Crippen LogP contribution is 2.26. The van der Waals surface area contributed by atoms with Gasteiger partial charge in [0.2, 0.25) is 0 Å². The maximum absolute atomic E-state index is 12.0. The monoisotopic (exact) mass is 282 g/mol. The topological polar surface area (TPSA) is 52.6 Å². The number of hydrogen-bond donors (Lipinski definition) is 2. The van der Waals surface area contributed by atoms with Crippen molar-refractivity contribution >= 4 is 17.6 Å². The van der Waals surface area contributed by atoms with Gasteiger partial charge in [0.25, 0.3) is 0 Å². The normalized spacial score (nSPS) is 14.2. The van der Waals surface area contributed by atoms with Gasteiger partial charge in [0.1, 0.15) is 0 Å². The predicted molar refractivity (Wildman–Crippen MR) is 75.4 cm³/mol. The zero-order valence-electron chi connectivity index (χ0n) is 10.8. The fourth-order valence-corrected chi connectivity index (χ4v) is 2.28. The number of hydrogen-bond acceptors (Lipinski definition) is 2. The van der Waals surface area contributed by atoms with E-state index in [1.165, 1.54) is 0 Å². The van der Waals surface area contributed by atoms with Crippen LogP contribution < -0.4 is 5.32 Å². The third-order valence-corrected chi connectivity index (χ3v) is 3.59. The highest BCUT2D eigenvalue weighted by atomic mass is 35.5. The number of rotatable bonds is 6. The lowest BCUT2D eigenvalue weighted by Gasteiger charge is -2.21. The molecule has 0 bridgehead atoms. The predicted octanol–water partition coefficient (Wildman–Crippen LogP) is 2.05. The largest absolute Gasteiger partial charge is 0.395 e. The van der Waals surface area contributed by atoms with E-state index in [9.17, 15) is 4.79 Å². The lowest BCUT2D eigenvalue weighted by Crippen LogP contribution is -2.43. The van der Waals surface area contributed by atoms with Gasteiger partial charge in [-0.1, -0.05) is 29.8 Å². The molecular formula is C14H19ClN2O2. The van der Waals surface area contributed by atoms with Gasteiger partial charge in [0.15, 0.2) is 0 Å². The molecule has 19 heavy (non-hydrogen) atoms. The van der Waals surface area contributed by atoms with E-state index in [1.807, 2.05) is 24.3 Å². The second-order valence-corrected chi connectivity index (χ2v) is 5.13. The molecule has 1 aliphatic carbocycles. The van der Waals surface area contributed by atoms with E-state index in [-0.39, 0.29) is 12.6 Å². The average molecular weight is 283 g/mol. The van der Waals surface area contributed by atoms with Crippen molar-refractivity contribution in [3.05, 3.63) is 34.9 Å². The number of amides is 2. The van der Waals surface area contributed by atoms with Gasteiger partial charge in [-0.15, -0.1) is 0 Å². The molecule has 1 saturated carbocycles. The maximum atomic E-state index is 12.0. The third-order valence-electron chi connectivity index (χ3n) is 3.22. The third kappa shape index (κ3) is 4.11. The molecule has 0 saturated heterocycles. The molecule has 0 aliphatic heterocycles. The van der Waals surface area contributed by atoms with E-state index in [0.717, 1.165) is 23.4 Å². The molecule has 0 unspecified atom stereocenters. The van der Waals surface area contributed by atoms with Crippen molar-refractivity contribution in [1.29, 1.82) is 0 Å². The highest BCUT2D eigenvalue weighted by Gasteiger charge is 2.31. The summed E-state index contributed by atoms with van der Waals surface area (Å²) < 4.78 is 0. The van der Waals surface area contributed by atoms with Gasteiger partial charge in [-0.2, -0.15) is 0 Å². The number of nitrogens with one attached hydrogen (secondary N) is 1. The van der Waals surface area contributed by atoms with Crippen molar-refractivity contribution in [1.82, 2.24) is 10.2 Å². The number of aliphatic hydroxyl groups excluding tert-OH is 1. The first-order valence-electron chi connectivity index (χ1n) is 6.61. The fraction of sp³-hybridized carbons (Fsp3) is 0.500. The molecule has 2 amide bonds. The standard InChI is InChI=1S/C14H19ClN2O2/c15-13-4-2-1-3-11(13)7-8-16-14(19)17(9-10-18)12-5-6-12/h1-4,12,18H,5-10H2,(H,16,19). The van der Waals surface area contributed by atoms with Crippen molar-refractivity contribution in [2.24, 2.45) is 0 Å². The Kier molecular flexibility index (Phi) is 5.05. The fourth-order valence-electron chi connectivity index (χ4n) is 2.05. The van der Waals surface area contributed by atoms with Crippen LogP contribution in [0.5, 0.6) is 0 Å². The average Bonchev–Trinajstić information content (AvgIpc) is 3.22. The molecule has 2 rings (SSSR count). The Morgan fingerprint density at radius 1 is 1.42 bits per heavy atom. The van der Waals surface area contributed by atoms with Crippen LogP contribution in [0.2, 0.25) is 5.02 Å². The van der Waals surface area contributed by atoms with Crippen LogP contribution in [0.3, 0.4) is 0 Å². The smallest absolute Gasteiger partial charge is 0.317 e. The minimum absolute atomic E-state index is 0.00837. The van der Waals surface area contributed by atoms with Crippen LogP contribution in [0.4, 0.5) is 4.79 Å². The van der Waals surface area contributed by atoms with E-state index in [4.69, 9.17) is 16.7 Å². The minimum Gasteiger partial charge on any atom is -0.395 e. The molecule has 1 fully saturated rings. The minimum atomic E-state index is -0.0939. The van der Waals surface area contributed by atoms with Crippen molar-refractivity contribution in [3.8, 4) is 0 Å². The van der Waals surface area contributed by atoms with Crippen LogP contribution in [0.1, 0.15) is 18.4 Å². The van der Waals surface area contributed by atoms with Gasteiger partial charge in [-0.25, -0.2) is 4.79 Å². The number of carbonyl (C=O) groups excluding carboxylic acids is 1. The van der Waals surface area contributed by atoms with Crippen molar-refractivity contribution in [2.45, 2.75) is 25.3 Å². The van der Waals surface area contributed by atoms with Gasteiger partial charge in [0, 0.05) is 24.2 Å². The Balaban J connectivity index is 1.78. The quantitative estimate of drug-likeness (QED) is 0.839. The summed E-state index contributed by atoms with van der Waals surface area (Å²) in [5, 5.41) is 12.6. The second kappa shape index (κ2) is 6.78.